The van der Waals surface area contributed by atoms with Crippen LogP contribution in [0.25, 0.3) is 5.69 Å². The molecule has 140 valence electrons. The van der Waals surface area contributed by atoms with Gasteiger partial charge in [-0.25, -0.2) is 4.68 Å². The van der Waals surface area contributed by atoms with Gasteiger partial charge in [0.25, 0.3) is 5.91 Å². The summed E-state index contributed by atoms with van der Waals surface area (Å²) in [6, 6.07) is 17.5. The molecule has 3 rings (SSSR count). The van der Waals surface area contributed by atoms with E-state index >= 15 is 0 Å². The predicted molar refractivity (Wildman–Crippen MR) is 109 cm³/mol. The highest BCUT2D eigenvalue weighted by molar-refractivity contribution is 6.04. The average molecular weight is 362 g/mol. The summed E-state index contributed by atoms with van der Waals surface area (Å²) in [5.74, 6) is -0.112. The van der Waals surface area contributed by atoms with Gasteiger partial charge in [-0.3, -0.25) is 9.69 Å². The Kier molecular flexibility index (Phi) is 6.04. The van der Waals surface area contributed by atoms with Crippen molar-refractivity contribution in [1.29, 1.82) is 0 Å². The molecule has 5 heteroatoms. The third-order valence-electron chi connectivity index (χ3n) is 4.69. The second-order valence-electron chi connectivity index (χ2n) is 6.55. The first-order chi connectivity index (χ1) is 13.1. The Morgan fingerprint density at radius 3 is 2.44 bits per heavy atom. The van der Waals surface area contributed by atoms with Crippen molar-refractivity contribution in [3.63, 3.8) is 0 Å². The van der Waals surface area contributed by atoms with Gasteiger partial charge >= 0.3 is 0 Å². The Hall–Kier alpha value is -2.92. The number of aromatic nitrogens is 2. The lowest BCUT2D eigenvalue weighted by molar-refractivity contribution is 0.102. The maximum absolute atomic E-state index is 12.6. The zero-order valence-electron chi connectivity index (χ0n) is 16.1. The lowest BCUT2D eigenvalue weighted by Crippen LogP contribution is -2.22. The summed E-state index contributed by atoms with van der Waals surface area (Å²) in [7, 11) is 0. The predicted octanol–water partition coefficient (Wildman–Crippen LogP) is 4.27. The molecule has 0 saturated heterocycles. The Balaban J connectivity index is 1.69. The van der Waals surface area contributed by atoms with Gasteiger partial charge < -0.3 is 5.32 Å². The van der Waals surface area contributed by atoms with E-state index < -0.39 is 0 Å². The van der Waals surface area contributed by atoms with Gasteiger partial charge in [-0.2, -0.15) is 5.10 Å². The van der Waals surface area contributed by atoms with E-state index in [1.54, 1.807) is 6.20 Å². The summed E-state index contributed by atoms with van der Waals surface area (Å²) < 4.78 is 1.85. The van der Waals surface area contributed by atoms with Crippen LogP contribution in [-0.4, -0.2) is 33.7 Å². The molecule has 0 aliphatic carbocycles. The number of amides is 1. The molecule has 1 N–H and O–H groups in total. The summed E-state index contributed by atoms with van der Waals surface area (Å²) >= 11 is 0. The van der Waals surface area contributed by atoms with E-state index in [4.69, 9.17) is 0 Å². The first-order valence-corrected chi connectivity index (χ1v) is 9.34. The van der Waals surface area contributed by atoms with Gasteiger partial charge in [0.15, 0.2) is 0 Å². The minimum atomic E-state index is -0.112. The molecule has 0 unspecified atom stereocenters. The van der Waals surface area contributed by atoms with Gasteiger partial charge in [-0.1, -0.05) is 26.0 Å². The molecule has 0 radical (unpaired) electrons. The normalized spacial score (nSPS) is 11.0. The molecule has 0 aliphatic heterocycles. The fourth-order valence-electron chi connectivity index (χ4n) is 3.05. The monoisotopic (exact) mass is 362 g/mol. The van der Waals surface area contributed by atoms with Crippen LogP contribution in [0.5, 0.6) is 0 Å². The highest BCUT2D eigenvalue weighted by Gasteiger charge is 2.09. The molecule has 0 aliphatic rings. The maximum atomic E-state index is 12.6. The lowest BCUT2D eigenvalue weighted by Gasteiger charge is -2.18. The number of nitrogens with one attached hydrogen (secondary N) is 1. The standard InChI is InChI=1S/C22H26N4O/c1-4-25(5-2)16-18-7-6-8-20(15-18)24-22(27)19-9-11-21(12-10-19)26-17(3)13-14-23-26/h6-15H,4-5,16H2,1-3H3,(H,24,27). The van der Waals surface area contributed by atoms with Crippen LogP contribution in [0.1, 0.15) is 35.5 Å². The number of aryl methyl sites for hydroxylation is 1. The van der Waals surface area contributed by atoms with Crippen molar-refractivity contribution in [2.45, 2.75) is 27.3 Å². The molecule has 5 nitrogen and oxygen atoms in total. The van der Waals surface area contributed by atoms with Gasteiger partial charge in [0.1, 0.15) is 0 Å². The van der Waals surface area contributed by atoms with E-state index in [1.807, 2.05) is 60.1 Å². The summed E-state index contributed by atoms with van der Waals surface area (Å²) in [6.45, 7) is 9.21. The van der Waals surface area contributed by atoms with E-state index in [1.165, 1.54) is 5.56 Å². The van der Waals surface area contributed by atoms with Crippen LogP contribution in [0.15, 0.2) is 60.8 Å². The minimum absolute atomic E-state index is 0.112. The van der Waals surface area contributed by atoms with Gasteiger partial charge in [-0.05, 0) is 68.0 Å². The van der Waals surface area contributed by atoms with Gasteiger partial charge in [0.2, 0.25) is 0 Å². The zero-order chi connectivity index (χ0) is 19.2. The Morgan fingerprint density at radius 2 is 1.81 bits per heavy atom. The van der Waals surface area contributed by atoms with Crippen LogP contribution < -0.4 is 5.32 Å². The van der Waals surface area contributed by atoms with Crippen molar-refractivity contribution in [3.05, 3.63) is 77.6 Å². The molecule has 27 heavy (non-hydrogen) atoms. The largest absolute Gasteiger partial charge is 0.322 e. The van der Waals surface area contributed by atoms with Crippen molar-refractivity contribution in [2.24, 2.45) is 0 Å². The third-order valence-corrected chi connectivity index (χ3v) is 4.69. The second kappa shape index (κ2) is 8.64. The topological polar surface area (TPSA) is 50.2 Å². The van der Waals surface area contributed by atoms with Crippen LogP contribution >= 0.6 is 0 Å². The van der Waals surface area contributed by atoms with Gasteiger partial charge in [0.05, 0.1) is 5.69 Å². The van der Waals surface area contributed by atoms with E-state index in [0.29, 0.717) is 5.56 Å². The summed E-state index contributed by atoms with van der Waals surface area (Å²) in [5, 5.41) is 7.28. The Bertz CT molecular complexity index is 895. The van der Waals surface area contributed by atoms with Crippen molar-refractivity contribution < 1.29 is 4.79 Å². The van der Waals surface area contributed by atoms with Crippen LogP contribution in [-0.2, 0) is 6.54 Å². The number of carbonyl (C=O) groups excluding carboxylic acids is 1. The van der Waals surface area contributed by atoms with Crippen molar-refractivity contribution >= 4 is 11.6 Å². The summed E-state index contributed by atoms with van der Waals surface area (Å²) in [5.41, 5.74) is 4.63. The first kappa shape index (κ1) is 18.9. The molecule has 3 aromatic rings. The molecule has 0 spiro atoms. The summed E-state index contributed by atoms with van der Waals surface area (Å²) in [4.78, 5) is 14.9. The zero-order valence-corrected chi connectivity index (χ0v) is 16.1. The fraction of sp³-hybridized carbons (Fsp3) is 0.273. The number of hydrogen-bond donors (Lipinski definition) is 1. The number of benzene rings is 2. The van der Waals surface area contributed by atoms with Crippen molar-refractivity contribution in [3.8, 4) is 5.69 Å². The quantitative estimate of drug-likeness (QED) is 0.683. The van der Waals surface area contributed by atoms with Crippen LogP contribution in [0.2, 0.25) is 0 Å². The van der Waals surface area contributed by atoms with E-state index in [0.717, 1.165) is 36.7 Å². The summed E-state index contributed by atoms with van der Waals surface area (Å²) in [6.07, 6.45) is 1.77. The molecule has 1 heterocycles. The Labute approximate surface area is 160 Å². The van der Waals surface area contributed by atoms with Gasteiger partial charge in [-0.15, -0.1) is 0 Å². The first-order valence-electron chi connectivity index (χ1n) is 9.34. The molecule has 2 aromatic carbocycles. The molecular formula is C22H26N4O. The number of hydrogen-bond acceptors (Lipinski definition) is 3. The highest BCUT2D eigenvalue weighted by Crippen LogP contribution is 2.16. The third kappa shape index (κ3) is 4.63. The molecule has 0 fully saturated rings. The van der Waals surface area contributed by atoms with E-state index in [9.17, 15) is 4.79 Å². The van der Waals surface area contributed by atoms with E-state index in [2.05, 4.69) is 35.2 Å². The Morgan fingerprint density at radius 1 is 1.07 bits per heavy atom. The molecular weight excluding hydrogens is 336 g/mol. The smallest absolute Gasteiger partial charge is 0.255 e. The second-order valence-corrected chi connectivity index (χ2v) is 6.55. The molecule has 0 atom stereocenters. The molecule has 1 aromatic heterocycles. The number of anilines is 1. The molecule has 0 bridgehead atoms. The molecule has 0 saturated carbocycles. The number of nitrogens with zero attached hydrogens (tertiary/aromatic N) is 3. The van der Waals surface area contributed by atoms with Gasteiger partial charge in [0, 0.05) is 29.7 Å². The molecule has 1 amide bonds. The minimum Gasteiger partial charge on any atom is -0.322 e. The average Bonchev–Trinajstić information content (AvgIpc) is 3.12. The fourth-order valence-corrected chi connectivity index (χ4v) is 3.05. The number of carbonyl (C=O) groups is 1. The van der Waals surface area contributed by atoms with Crippen molar-refractivity contribution in [2.75, 3.05) is 18.4 Å². The van der Waals surface area contributed by atoms with Crippen LogP contribution in [0.3, 0.4) is 0 Å². The SMILES string of the molecule is CCN(CC)Cc1cccc(NC(=O)c2ccc(-n3nccc3C)cc2)c1. The van der Waals surface area contributed by atoms with Crippen molar-refractivity contribution in [1.82, 2.24) is 14.7 Å². The maximum Gasteiger partial charge on any atom is 0.255 e. The van der Waals surface area contributed by atoms with E-state index in [-0.39, 0.29) is 5.91 Å². The van der Waals surface area contributed by atoms with Crippen LogP contribution in [0.4, 0.5) is 5.69 Å². The number of rotatable bonds is 7. The highest BCUT2D eigenvalue weighted by atomic mass is 16.1. The van der Waals surface area contributed by atoms with Crippen LogP contribution in [0, 0.1) is 6.92 Å². The lowest BCUT2D eigenvalue weighted by atomic mass is 10.1.